The molecule has 0 fully saturated rings. The van der Waals surface area contributed by atoms with Crippen LogP contribution in [0.1, 0.15) is 12.5 Å². The second-order valence-electron chi connectivity index (χ2n) is 5.29. The van der Waals surface area contributed by atoms with Crippen LogP contribution in [0.3, 0.4) is 0 Å². The summed E-state index contributed by atoms with van der Waals surface area (Å²) in [6, 6.07) is 4.74. The van der Waals surface area contributed by atoms with Crippen LogP contribution in [0.4, 0.5) is 16.2 Å². The van der Waals surface area contributed by atoms with Gasteiger partial charge in [-0.2, -0.15) is 5.10 Å². The number of fused-ring (bicyclic) bond motifs is 1. The van der Waals surface area contributed by atoms with Crippen molar-refractivity contribution in [1.82, 2.24) is 15.1 Å². The van der Waals surface area contributed by atoms with Crippen LogP contribution >= 0.6 is 0 Å². The second-order valence-corrected chi connectivity index (χ2v) is 5.29. The van der Waals surface area contributed by atoms with Crippen molar-refractivity contribution >= 4 is 23.3 Å². The van der Waals surface area contributed by atoms with E-state index in [9.17, 15) is 9.59 Å². The molecular weight excluding hydrogens is 298 g/mol. The number of anilines is 2. The van der Waals surface area contributed by atoms with E-state index < -0.39 is 6.10 Å². The van der Waals surface area contributed by atoms with Crippen molar-refractivity contribution in [2.45, 2.75) is 19.6 Å². The van der Waals surface area contributed by atoms with E-state index in [0.29, 0.717) is 23.7 Å². The van der Waals surface area contributed by atoms with Gasteiger partial charge >= 0.3 is 6.03 Å². The first-order chi connectivity index (χ1) is 11.0. The SMILES string of the molecule is C[C@@H]1Oc2ccc(NC(=O)NCc3cnn(C)c3)cc2NC1=O. The fraction of sp³-hybridized carbons (Fsp3) is 0.267. The van der Waals surface area contributed by atoms with Crippen LogP contribution in [0.2, 0.25) is 0 Å². The lowest BCUT2D eigenvalue weighted by Crippen LogP contribution is -2.34. The minimum absolute atomic E-state index is 0.212. The Morgan fingerprint density at radius 3 is 3.04 bits per heavy atom. The van der Waals surface area contributed by atoms with Crippen LogP contribution in [-0.4, -0.2) is 27.8 Å². The number of benzene rings is 1. The number of nitrogens with one attached hydrogen (secondary N) is 3. The Balaban J connectivity index is 1.60. The maximum atomic E-state index is 11.9. The van der Waals surface area contributed by atoms with Crippen molar-refractivity contribution in [3.05, 3.63) is 36.2 Å². The number of rotatable bonds is 3. The molecule has 2 heterocycles. The minimum Gasteiger partial charge on any atom is -0.479 e. The standard InChI is InChI=1S/C15H17N5O3/c1-9-14(21)19-12-5-11(3-4-13(12)23-9)18-15(22)16-6-10-7-17-20(2)8-10/h3-5,7-9H,6H2,1-2H3,(H,19,21)(H2,16,18,22)/t9-/m0/s1. The maximum absolute atomic E-state index is 11.9. The van der Waals surface area contributed by atoms with E-state index in [2.05, 4.69) is 21.0 Å². The largest absolute Gasteiger partial charge is 0.479 e. The number of ether oxygens (including phenoxy) is 1. The van der Waals surface area contributed by atoms with Gasteiger partial charge in [0.15, 0.2) is 6.10 Å². The highest BCUT2D eigenvalue weighted by Gasteiger charge is 2.23. The van der Waals surface area contributed by atoms with Crippen molar-refractivity contribution in [1.29, 1.82) is 0 Å². The molecule has 2 aromatic rings. The zero-order valence-electron chi connectivity index (χ0n) is 12.8. The molecule has 1 aliphatic heterocycles. The van der Waals surface area contributed by atoms with Crippen LogP contribution in [0.5, 0.6) is 5.75 Å². The number of nitrogens with zero attached hydrogens (tertiary/aromatic N) is 2. The first-order valence-corrected chi connectivity index (χ1v) is 7.15. The zero-order valence-corrected chi connectivity index (χ0v) is 12.8. The van der Waals surface area contributed by atoms with E-state index >= 15 is 0 Å². The summed E-state index contributed by atoms with van der Waals surface area (Å²) in [5.41, 5.74) is 2.01. The molecule has 3 rings (SSSR count). The first-order valence-electron chi connectivity index (χ1n) is 7.15. The molecule has 0 spiro atoms. The molecule has 120 valence electrons. The van der Waals surface area contributed by atoms with Gasteiger partial charge < -0.3 is 20.7 Å². The lowest BCUT2D eigenvalue weighted by molar-refractivity contribution is -0.122. The summed E-state index contributed by atoms with van der Waals surface area (Å²) in [5.74, 6) is 0.370. The molecule has 1 aromatic heterocycles. The van der Waals surface area contributed by atoms with Crippen molar-refractivity contribution in [2.75, 3.05) is 10.6 Å². The van der Waals surface area contributed by atoms with Gasteiger partial charge in [-0.05, 0) is 25.1 Å². The molecule has 8 heteroatoms. The van der Waals surface area contributed by atoms with Crippen LogP contribution in [0.25, 0.3) is 0 Å². The Labute approximate surface area is 132 Å². The number of urea groups is 1. The molecule has 23 heavy (non-hydrogen) atoms. The molecule has 1 aromatic carbocycles. The van der Waals surface area contributed by atoms with E-state index in [1.165, 1.54) is 0 Å². The van der Waals surface area contributed by atoms with E-state index in [4.69, 9.17) is 4.74 Å². The van der Waals surface area contributed by atoms with Crippen LogP contribution < -0.4 is 20.7 Å². The number of carbonyl (C=O) groups excluding carboxylic acids is 2. The summed E-state index contributed by atoms with van der Waals surface area (Å²) in [5, 5.41) is 12.2. The van der Waals surface area contributed by atoms with Gasteiger partial charge in [0.25, 0.3) is 5.91 Å². The fourth-order valence-corrected chi connectivity index (χ4v) is 2.21. The smallest absolute Gasteiger partial charge is 0.319 e. The van der Waals surface area contributed by atoms with Gasteiger partial charge in [-0.15, -0.1) is 0 Å². The molecule has 0 saturated heterocycles. The van der Waals surface area contributed by atoms with Crippen molar-refractivity contribution < 1.29 is 14.3 Å². The van der Waals surface area contributed by atoms with Gasteiger partial charge in [0.2, 0.25) is 0 Å². The number of aryl methyl sites for hydroxylation is 1. The molecule has 3 N–H and O–H groups in total. The van der Waals surface area contributed by atoms with Crippen LogP contribution in [0, 0.1) is 0 Å². The highest BCUT2D eigenvalue weighted by Crippen LogP contribution is 2.32. The van der Waals surface area contributed by atoms with Crippen LogP contribution in [0.15, 0.2) is 30.6 Å². The van der Waals surface area contributed by atoms with E-state index in [0.717, 1.165) is 5.56 Å². The normalized spacial score (nSPS) is 16.1. The average molecular weight is 315 g/mol. The third-order valence-corrected chi connectivity index (χ3v) is 3.38. The van der Waals surface area contributed by atoms with E-state index in [-0.39, 0.29) is 11.9 Å². The third kappa shape index (κ3) is 3.42. The molecule has 3 amide bonds. The van der Waals surface area contributed by atoms with E-state index in [1.807, 2.05) is 13.2 Å². The predicted molar refractivity (Wildman–Crippen MR) is 84.2 cm³/mol. The highest BCUT2D eigenvalue weighted by atomic mass is 16.5. The highest BCUT2D eigenvalue weighted by molar-refractivity contribution is 5.99. The fourth-order valence-electron chi connectivity index (χ4n) is 2.21. The van der Waals surface area contributed by atoms with Gasteiger partial charge in [-0.3, -0.25) is 9.48 Å². The lowest BCUT2D eigenvalue weighted by Gasteiger charge is -2.23. The molecule has 0 radical (unpaired) electrons. The van der Waals surface area contributed by atoms with Gasteiger partial charge in [0.1, 0.15) is 5.75 Å². The maximum Gasteiger partial charge on any atom is 0.319 e. The number of aromatic nitrogens is 2. The summed E-state index contributed by atoms with van der Waals surface area (Å²) in [7, 11) is 1.81. The quantitative estimate of drug-likeness (QED) is 0.799. The average Bonchev–Trinajstić information content (AvgIpc) is 2.92. The Bertz CT molecular complexity index is 755. The number of hydrogen-bond acceptors (Lipinski definition) is 4. The van der Waals surface area contributed by atoms with Gasteiger partial charge in [0, 0.05) is 31.0 Å². The Morgan fingerprint density at radius 2 is 2.30 bits per heavy atom. The topological polar surface area (TPSA) is 97.3 Å². The number of hydrogen-bond donors (Lipinski definition) is 3. The summed E-state index contributed by atoms with van der Waals surface area (Å²) in [6.07, 6.45) is 2.99. The van der Waals surface area contributed by atoms with Gasteiger partial charge in [-0.1, -0.05) is 0 Å². The second kappa shape index (κ2) is 5.99. The van der Waals surface area contributed by atoms with Crippen molar-refractivity contribution in [3.63, 3.8) is 0 Å². The first kappa shape index (κ1) is 14.9. The summed E-state index contributed by atoms with van der Waals surface area (Å²) < 4.78 is 7.13. The molecular formula is C15H17N5O3. The molecule has 1 atom stereocenters. The van der Waals surface area contributed by atoms with Crippen molar-refractivity contribution in [2.24, 2.45) is 7.05 Å². The lowest BCUT2D eigenvalue weighted by atomic mass is 10.2. The molecule has 0 bridgehead atoms. The third-order valence-electron chi connectivity index (χ3n) is 3.38. The molecule has 0 saturated carbocycles. The van der Waals surface area contributed by atoms with E-state index in [1.54, 1.807) is 36.0 Å². The Morgan fingerprint density at radius 1 is 1.48 bits per heavy atom. The number of carbonyl (C=O) groups is 2. The molecule has 0 unspecified atom stereocenters. The van der Waals surface area contributed by atoms with Crippen LogP contribution in [-0.2, 0) is 18.4 Å². The minimum atomic E-state index is -0.524. The Kier molecular flexibility index (Phi) is 3.88. The molecule has 1 aliphatic rings. The Hall–Kier alpha value is -3.03. The predicted octanol–water partition coefficient (Wildman–Crippen LogP) is 1.46. The monoisotopic (exact) mass is 315 g/mol. The zero-order chi connectivity index (χ0) is 16.4. The summed E-state index contributed by atoms with van der Waals surface area (Å²) in [4.78, 5) is 23.5. The van der Waals surface area contributed by atoms with Gasteiger partial charge in [0.05, 0.1) is 11.9 Å². The summed E-state index contributed by atoms with van der Waals surface area (Å²) in [6.45, 7) is 2.05. The summed E-state index contributed by atoms with van der Waals surface area (Å²) >= 11 is 0. The molecule has 8 nitrogen and oxygen atoms in total. The number of amides is 3. The van der Waals surface area contributed by atoms with Crippen molar-refractivity contribution in [3.8, 4) is 5.75 Å². The molecule has 0 aliphatic carbocycles. The van der Waals surface area contributed by atoms with Gasteiger partial charge in [-0.25, -0.2) is 4.79 Å².